The van der Waals surface area contributed by atoms with Gasteiger partial charge in [0.15, 0.2) is 11.6 Å². The fourth-order valence-electron chi connectivity index (χ4n) is 2.13. The van der Waals surface area contributed by atoms with E-state index >= 15 is 0 Å². The zero-order valence-electron chi connectivity index (χ0n) is 10.8. The highest BCUT2D eigenvalue weighted by atomic mass is 79.9. The van der Waals surface area contributed by atoms with Gasteiger partial charge in [0.1, 0.15) is 0 Å². The standard InChI is InChI=1S/C15H12BrN3O/c1-9-11(5-2-6-12(9)16)14-13(15(17)19-20-14)10-4-3-7-18-8-10/h2-8H,1H3,(H2,17,19). The second kappa shape index (κ2) is 5.09. The third-order valence-electron chi connectivity index (χ3n) is 3.18. The Balaban J connectivity index is 2.24. The van der Waals surface area contributed by atoms with Crippen LogP contribution in [0.5, 0.6) is 0 Å². The van der Waals surface area contributed by atoms with Crippen LogP contribution >= 0.6 is 15.9 Å². The average molecular weight is 330 g/mol. The van der Waals surface area contributed by atoms with Gasteiger partial charge in [0, 0.05) is 28.0 Å². The first-order valence-electron chi connectivity index (χ1n) is 6.09. The normalized spacial score (nSPS) is 10.7. The van der Waals surface area contributed by atoms with Crippen LogP contribution in [0.3, 0.4) is 0 Å². The molecule has 0 aliphatic carbocycles. The highest BCUT2D eigenvalue weighted by Crippen LogP contribution is 2.38. The summed E-state index contributed by atoms with van der Waals surface area (Å²) in [6, 6.07) is 9.73. The van der Waals surface area contributed by atoms with E-state index in [-0.39, 0.29) is 0 Å². The zero-order chi connectivity index (χ0) is 14.1. The van der Waals surface area contributed by atoms with Crippen molar-refractivity contribution in [2.24, 2.45) is 0 Å². The largest absolute Gasteiger partial charge is 0.380 e. The molecule has 1 aromatic carbocycles. The molecule has 3 rings (SSSR count). The Kier molecular flexibility index (Phi) is 3.28. The van der Waals surface area contributed by atoms with E-state index in [4.69, 9.17) is 10.3 Å². The lowest BCUT2D eigenvalue weighted by molar-refractivity contribution is 0.436. The maximum Gasteiger partial charge on any atom is 0.177 e. The molecule has 3 aromatic rings. The van der Waals surface area contributed by atoms with Crippen LogP contribution in [-0.4, -0.2) is 10.1 Å². The number of hydrogen-bond donors (Lipinski definition) is 1. The highest BCUT2D eigenvalue weighted by Gasteiger charge is 2.19. The molecule has 100 valence electrons. The van der Waals surface area contributed by atoms with Crippen LogP contribution in [0.2, 0.25) is 0 Å². The lowest BCUT2D eigenvalue weighted by Gasteiger charge is -2.06. The molecule has 20 heavy (non-hydrogen) atoms. The lowest BCUT2D eigenvalue weighted by atomic mass is 10.00. The average Bonchev–Trinajstić information content (AvgIpc) is 2.84. The van der Waals surface area contributed by atoms with Crippen molar-refractivity contribution in [3.8, 4) is 22.5 Å². The van der Waals surface area contributed by atoms with E-state index in [9.17, 15) is 0 Å². The first-order chi connectivity index (χ1) is 9.68. The van der Waals surface area contributed by atoms with Gasteiger partial charge in [-0.05, 0) is 24.6 Å². The van der Waals surface area contributed by atoms with Crippen LogP contribution in [0.25, 0.3) is 22.5 Å². The molecule has 0 fully saturated rings. The molecule has 5 heteroatoms. The number of benzene rings is 1. The second-order valence-corrected chi connectivity index (χ2v) is 5.28. The number of nitrogen functional groups attached to an aromatic ring is 1. The Labute approximate surface area is 124 Å². The molecule has 0 saturated carbocycles. The molecule has 0 aliphatic rings. The van der Waals surface area contributed by atoms with Gasteiger partial charge in [-0.1, -0.05) is 39.3 Å². The van der Waals surface area contributed by atoms with Crippen molar-refractivity contribution in [3.05, 3.63) is 52.8 Å². The Bertz CT molecular complexity index is 753. The minimum Gasteiger partial charge on any atom is -0.380 e. The number of hydrogen-bond acceptors (Lipinski definition) is 4. The summed E-state index contributed by atoms with van der Waals surface area (Å²) in [5.41, 5.74) is 9.66. The van der Waals surface area contributed by atoms with Crippen LogP contribution in [-0.2, 0) is 0 Å². The van der Waals surface area contributed by atoms with E-state index in [1.165, 1.54) is 0 Å². The number of nitrogens with two attached hydrogens (primary N) is 1. The lowest BCUT2D eigenvalue weighted by Crippen LogP contribution is -1.90. The van der Waals surface area contributed by atoms with E-state index in [1.54, 1.807) is 12.4 Å². The summed E-state index contributed by atoms with van der Waals surface area (Å²) >= 11 is 3.53. The van der Waals surface area contributed by atoms with Crippen LogP contribution in [0.1, 0.15) is 5.56 Å². The summed E-state index contributed by atoms with van der Waals surface area (Å²) in [7, 11) is 0. The summed E-state index contributed by atoms with van der Waals surface area (Å²) < 4.78 is 6.46. The maximum atomic E-state index is 5.95. The molecule has 0 amide bonds. The van der Waals surface area contributed by atoms with Gasteiger partial charge in [0.2, 0.25) is 0 Å². The molecule has 0 saturated heterocycles. The summed E-state index contributed by atoms with van der Waals surface area (Å²) in [5.74, 6) is 1.03. The van der Waals surface area contributed by atoms with Crippen LogP contribution in [0.4, 0.5) is 5.82 Å². The summed E-state index contributed by atoms with van der Waals surface area (Å²) in [6.45, 7) is 2.02. The van der Waals surface area contributed by atoms with Gasteiger partial charge < -0.3 is 10.3 Å². The van der Waals surface area contributed by atoms with Gasteiger partial charge in [-0.2, -0.15) is 0 Å². The molecule has 4 nitrogen and oxygen atoms in total. The van der Waals surface area contributed by atoms with E-state index in [2.05, 4.69) is 26.1 Å². The van der Waals surface area contributed by atoms with E-state index < -0.39 is 0 Å². The van der Waals surface area contributed by atoms with Crippen molar-refractivity contribution in [1.82, 2.24) is 10.1 Å². The first-order valence-corrected chi connectivity index (χ1v) is 6.89. The van der Waals surface area contributed by atoms with Gasteiger partial charge >= 0.3 is 0 Å². The molecule has 0 spiro atoms. The zero-order valence-corrected chi connectivity index (χ0v) is 12.4. The van der Waals surface area contributed by atoms with E-state index in [0.29, 0.717) is 11.6 Å². The van der Waals surface area contributed by atoms with Crippen LogP contribution in [0, 0.1) is 6.92 Å². The molecular formula is C15H12BrN3O. The molecule has 2 aromatic heterocycles. The summed E-state index contributed by atoms with van der Waals surface area (Å²) in [6.07, 6.45) is 3.47. The number of nitrogens with zero attached hydrogens (tertiary/aromatic N) is 2. The summed E-state index contributed by atoms with van der Waals surface area (Å²) in [4.78, 5) is 4.12. The van der Waals surface area contributed by atoms with Gasteiger partial charge in [0.05, 0.1) is 5.56 Å². The molecule has 0 radical (unpaired) electrons. The smallest absolute Gasteiger partial charge is 0.177 e. The van der Waals surface area contributed by atoms with E-state index in [0.717, 1.165) is 26.7 Å². The minimum absolute atomic E-state index is 0.368. The fourth-order valence-corrected chi connectivity index (χ4v) is 2.50. The number of rotatable bonds is 2. The van der Waals surface area contributed by atoms with Crippen molar-refractivity contribution < 1.29 is 4.52 Å². The van der Waals surface area contributed by atoms with Crippen molar-refractivity contribution in [1.29, 1.82) is 0 Å². The first kappa shape index (κ1) is 12.9. The fraction of sp³-hybridized carbons (Fsp3) is 0.0667. The molecular weight excluding hydrogens is 318 g/mol. The molecule has 2 heterocycles. The van der Waals surface area contributed by atoms with Crippen LogP contribution < -0.4 is 5.73 Å². The number of halogens is 1. The Morgan fingerprint density at radius 1 is 1.20 bits per heavy atom. The highest BCUT2D eigenvalue weighted by molar-refractivity contribution is 9.10. The minimum atomic E-state index is 0.368. The molecule has 2 N–H and O–H groups in total. The van der Waals surface area contributed by atoms with Crippen molar-refractivity contribution in [2.75, 3.05) is 5.73 Å². The molecule has 0 bridgehead atoms. The third-order valence-corrected chi connectivity index (χ3v) is 4.04. The summed E-state index contributed by atoms with van der Waals surface area (Å²) in [5, 5.41) is 3.90. The van der Waals surface area contributed by atoms with Crippen molar-refractivity contribution >= 4 is 21.7 Å². The van der Waals surface area contributed by atoms with Crippen molar-refractivity contribution in [2.45, 2.75) is 6.92 Å². The quantitative estimate of drug-likeness (QED) is 0.770. The Morgan fingerprint density at radius 3 is 2.80 bits per heavy atom. The molecule has 0 unspecified atom stereocenters. The van der Waals surface area contributed by atoms with Gasteiger partial charge in [-0.15, -0.1) is 0 Å². The van der Waals surface area contributed by atoms with Gasteiger partial charge in [0.25, 0.3) is 0 Å². The SMILES string of the molecule is Cc1c(Br)cccc1-c1onc(N)c1-c1cccnc1. The second-order valence-electron chi connectivity index (χ2n) is 4.43. The maximum absolute atomic E-state index is 5.95. The third kappa shape index (κ3) is 2.10. The van der Waals surface area contributed by atoms with E-state index in [1.807, 2.05) is 37.3 Å². The predicted molar refractivity (Wildman–Crippen MR) is 82.0 cm³/mol. The molecule has 0 atom stereocenters. The molecule has 0 aliphatic heterocycles. The number of anilines is 1. The monoisotopic (exact) mass is 329 g/mol. The van der Waals surface area contributed by atoms with Gasteiger partial charge in [-0.3, -0.25) is 4.98 Å². The van der Waals surface area contributed by atoms with Crippen LogP contribution in [0.15, 0.2) is 51.7 Å². The number of aromatic nitrogens is 2. The number of pyridine rings is 1. The Morgan fingerprint density at radius 2 is 2.05 bits per heavy atom. The Hall–Kier alpha value is -2.14. The predicted octanol–water partition coefficient (Wildman–Crippen LogP) is 4.06. The van der Waals surface area contributed by atoms with Crippen molar-refractivity contribution in [3.63, 3.8) is 0 Å². The van der Waals surface area contributed by atoms with Gasteiger partial charge in [-0.25, -0.2) is 0 Å². The topological polar surface area (TPSA) is 64.9 Å².